The van der Waals surface area contributed by atoms with Gasteiger partial charge in [-0.15, -0.1) is 0 Å². The average molecular weight is 199 g/mol. The first-order valence-electron chi connectivity index (χ1n) is 4.80. The van der Waals surface area contributed by atoms with Gasteiger partial charge in [0.05, 0.1) is 12.7 Å². The van der Waals surface area contributed by atoms with E-state index in [1.165, 1.54) is 0 Å². The van der Waals surface area contributed by atoms with Gasteiger partial charge in [0.25, 0.3) is 0 Å². The predicted octanol–water partition coefficient (Wildman–Crippen LogP) is 0.738. The second-order valence-corrected chi connectivity index (χ2v) is 3.78. The molecule has 1 heterocycles. The molecule has 1 unspecified atom stereocenters. The van der Waals surface area contributed by atoms with Crippen molar-refractivity contribution in [3.05, 3.63) is 11.6 Å². The van der Waals surface area contributed by atoms with E-state index in [4.69, 9.17) is 9.84 Å². The summed E-state index contributed by atoms with van der Waals surface area (Å²) in [7, 11) is 3.96. The summed E-state index contributed by atoms with van der Waals surface area (Å²) >= 11 is 0. The van der Waals surface area contributed by atoms with Crippen LogP contribution in [0.1, 0.15) is 12.8 Å². The Kier molecular flexibility index (Phi) is 4.10. The van der Waals surface area contributed by atoms with Crippen LogP contribution in [0.4, 0.5) is 0 Å². The maximum absolute atomic E-state index is 10.8. The van der Waals surface area contributed by atoms with E-state index in [1.54, 1.807) is 6.08 Å². The molecule has 4 nitrogen and oxygen atoms in total. The number of carboxylic acid groups (broad SMARTS) is 1. The van der Waals surface area contributed by atoms with Gasteiger partial charge in [0.1, 0.15) is 0 Å². The minimum Gasteiger partial charge on any atom is -0.478 e. The molecule has 4 heteroatoms. The van der Waals surface area contributed by atoms with Crippen molar-refractivity contribution >= 4 is 5.97 Å². The zero-order chi connectivity index (χ0) is 10.6. The van der Waals surface area contributed by atoms with Crippen LogP contribution in [-0.2, 0) is 9.53 Å². The number of carboxylic acids is 1. The topological polar surface area (TPSA) is 53.1 Å². The number of aliphatic carboxylic acids is 1. The molecule has 1 aliphatic heterocycles. The molecule has 0 saturated carbocycles. The van der Waals surface area contributed by atoms with Gasteiger partial charge in [-0.05, 0) is 39.6 Å². The molecule has 0 aromatic carbocycles. The van der Waals surface area contributed by atoms with Crippen LogP contribution < -0.4 is 0 Å². The smallest absolute Gasteiger partial charge is 0.331 e. The first-order chi connectivity index (χ1) is 6.59. The van der Waals surface area contributed by atoms with Crippen molar-refractivity contribution in [1.29, 1.82) is 0 Å². The third kappa shape index (κ3) is 4.39. The second-order valence-electron chi connectivity index (χ2n) is 3.78. The summed E-state index contributed by atoms with van der Waals surface area (Å²) in [6, 6.07) is 0. The van der Waals surface area contributed by atoms with Crippen molar-refractivity contribution in [3.63, 3.8) is 0 Å². The zero-order valence-corrected chi connectivity index (χ0v) is 8.69. The Bertz CT molecular complexity index is 232. The number of nitrogens with zero attached hydrogens (tertiary/aromatic N) is 1. The molecular weight excluding hydrogens is 182 g/mol. The lowest BCUT2D eigenvalue weighted by molar-refractivity contribution is -0.132. The predicted molar refractivity (Wildman–Crippen MR) is 53.2 cm³/mol. The van der Waals surface area contributed by atoms with Gasteiger partial charge in [0.15, 0.2) is 0 Å². The van der Waals surface area contributed by atoms with E-state index in [9.17, 15) is 4.79 Å². The van der Waals surface area contributed by atoms with Crippen LogP contribution in [-0.4, -0.2) is 49.3 Å². The summed E-state index contributed by atoms with van der Waals surface area (Å²) in [4.78, 5) is 12.8. The fraction of sp³-hybridized carbons (Fsp3) is 0.700. The third-order valence-electron chi connectivity index (χ3n) is 2.07. The van der Waals surface area contributed by atoms with Gasteiger partial charge in [-0.3, -0.25) is 0 Å². The first kappa shape index (κ1) is 11.2. The Balaban J connectivity index is 2.32. The van der Waals surface area contributed by atoms with Crippen molar-refractivity contribution in [2.24, 2.45) is 0 Å². The Hall–Kier alpha value is -0.870. The van der Waals surface area contributed by atoms with E-state index < -0.39 is 5.97 Å². The van der Waals surface area contributed by atoms with Gasteiger partial charge in [-0.1, -0.05) is 0 Å². The van der Waals surface area contributed by atoms with Crippen LogP contribution in [0.15, 0.2) is 11.6 Å². The lowest BCUT2D eigenvalue weighted by atomic mass is 10.1. The Morgan fingerprint density at radius 2 is 2.29 bits per heavy atom. The third-order valence-corrected chi connectivity index (χ3v) is 2.07. The van der Waals surface area contributed by atoms with Crippen LogP contribution in [0.2, 0.25) is 0 Å². The molecule has 1 atom stereocenters. The monoisotopic (exact) mass is 199 g/mol. The van der Waals surface area contributed by atoms with Crippen LogP contribution in [0.5, 0.6) is 0 Å². The van der Waals surface area contributed by atoms with E-state index >= 15 is 0 Å². The van der Waals surface area contributed by atoms with Gasteiger partial charge < -0.3 is 14.7 Å². The van der Waals surface area contributed by atoms with Crippen LogP contribution in [0.3, 0.4) is 0 Å². The number of carbonyl (C=O) groups is 1. The summed E-state index contributed by atoms with van der Waals surface area (Å²) in [5.74, 6) is -0.820. The van der Waals surface area contributed by atoms with Crippen molar-refractivity contribution in [2.45, 2.75) is 18.9 Å². The lowest BCUT2D eigenvalue weighted by Gasteiger charge is -2.08. The average Bonchev–Trinajstić information content (AvgIpc) is 2.85. The number of rotatable bonds is 6. The SMILES string of the molecule is CN(C)CCCC(=CC1CO1)C(=O)O. The second kappa shape index (κ2) is 5.12. The molecular formula is C10H17NO3. The number of hydrogen-bond acceptors (Lipinski definition) is 3. The summed E-state index contributed by atoms with van der Waals surface area (Å²) in [6.45, 7) is 1.58. The number of ether oxygens (including phenoxy) is 1. The first-order valence-corrected chi connectivity index (χ1v) is 4.80. The summed E-state index contributed by atoms with van der Waals surface area (Å²) in [6.07, 6.45) is 3.27. The van der Waals surface area contributed by atoms with Gasteiger partial charge in [0.2, 0.25) is 0 Å². The molecule has 0 spiro atoms. The molecule has 0 aromatic heterocycles. The van der Waals surface area contributed by atoms with Crippen LogP contribution in [0, 0.1) is 0 Å². The van der Waals surface area contributed by atoms with Gasteiger partial charge in [-0.2, -0.15) is 0 Å². The van der Waals surface area contributed by atoms with E-state index in [2.05, 4.69) is 0 Å². The maximum Gasteiger partial charge on any atom is 0.331 e. The number of epoxide rings is 1. The zero-order valence-electron chi connectivity index (χ0n) is 8.69. The Morgan fingerprint density at radius 1 is 1.64 bits per heavy atom. The minimum atomic E-state index is -0.820. The van der Waals surface area contributed by atoms with Crippen LogP contribution >= 0.6 is 0 Å². The molecule has 1 saturated heterocycles. The fourth-order valence-electron chi connectivity index (χ4n) is 1.22. The normalized spacial score (nSPS) is 21.4. The molecule has 1 N–H and O–H groups in total. The van der Waals surface area contributed by atoms with Crippen molar-refractivity contribution < 1.29 is 14.6 Å². The molecule has 1 fully saturated rings. The Labute approximate surface area is 84.2 Å². The molecule has 0 aliphatic carbocycles. The highest BCUT2D eigenvalue weighted by atomic mass is 16.6. The van der Waals surface area contributed by atoms with E-state index in [-0.39, 0.29) is 6.10 Å². The highest BCUT2D eigenvalue weighted by Crippen LogP contribution is 2.16. The van der Waals surface area contributed by atoms with E-state index in [0.29, 0.717) is 18.6 Å². The molecule has 1 aliphatic rings. The Morgan fingerprint density at radius 3 is 2.71 bits per heavy atom. The molecule has 0 radical (unpaired) electrons. The summed E-state index contributed by atoms with van der Waals surface area (Å²) in [5.41, 5.74) is 0.481. The molecule has 80 valence electrons. The molecule has 0 bridgehead atoms. The summed E-state index contributed by atoms with van der Waals surface area (Å²) < 4.78 is 4.97. The van der Waals surface area contributed by atoms with Crippen molar-refractivity contribution in [3.8, 4) is 0 Å². The standard InChI is InChI=1S/C10H17NO3/c1-11(2)5-3-4-8(10(12)13)6-9-7-14-9/h6,9H,3-5,7H2,1-2H3,(H,12,13). The minimum absolute atomic E-state index is 0.0560. The number of hydrogen-bond donors (Lipinski definition) is 1. The largest absolute Gasteiger partial charge is 0.478 e. The highest BCUT2D eigenvalue weighted by molar-refractivity contribution is 5.86. The molecule has 0 aromatic rings. The highest BCUT2D eigenvalue weighted by Gasteiger charge is 2.22. The van der Waals surface area contributed by atoms with Crippen molar-refractivity contribution in [1.82, 2.24) is 4.90 Å². The molecule has 0 amide bonds. The van der Waals surface area contributed by atoms with Crippen molar-refractivity contribution in [2.75, 3.05) is 27.2 Å². The molecule has 1 rings (SSSR count). The van der Waals surface area contributed by atoms with E-state index in [0.717, 1.165) is 13.0 Å². The fourth-order valence-corrected chi connectivity index (χ4v) is 1.22. The van der Waals surface area contributed by atoms with Crippen LogP contribution in [0.25, 0.3) is 0 Å². The van der Waals surface area contributed by atoms with Gasteiger partial charge in [-0.25, -0.2) is 4.79 Å². The maximum atomic E-state index is 10.8. The molecule has 14 heavy (non-hydrogen) atoms. The quantitative estimate of drug-likeness (QED) is 0.506. The summed E-state index contributed by atoms with van der Waals surface area (Å²) in [5, 5.41) is 8.88. The lowest BCUT2D eigenvalue weighted by Crippen LogP contribution is -2.14. The van der Waals surface area contributed by atoms with Gasteiger partial charge in [0, 0.05) is 5.57 Å². The van der Waals surface area contributed by atoms with E-state index in [1.807, 2.05) is 19.0 Å². The van der Waals surface area contributed by atoms with Gasteiger partial charge >= 0.3 is 5.97 Å².